The molecule has 0 radical (unpaired) electrons. The Kier molecular flexibility index (Phi) is 6.75. The minimum Gasteiger partial charge on any atom is -0.496 e. The van der Waals surface area contributed by atoms with E-state index < -0.39 is 0 Å². The number of fused-ring (bicyclic) bond motifs is 1. The average molecular weight is 551 g/mol. The number of rotatable bonds is 7. The van der Waals surface area contributed by atoms with Crippen LogP contribution in [-0.4, -0.2) is 49.0 Å². The highest BCUT2D eigenvalue weighted by molar-refractivity contribution is 9.10. The molecule has 1 fully saturated rings. The third-order valence-corrected chi connectivity index (χ3v) is 6.58. The molecule has 1 atom stereocenters. The van der Waals surface area contributed by atoms with Crippen molar-refractivity contribution in [3.63, 3.8) is 0 Å². The summed E-state index contributed by atoms with van der Waals surface area (Å²) in [6.45, 7) is 0.912. The minimum atomic E-state index is -0.347. The summed E-state index contributed by atoms with van der Waals surface area (Å²) in [5.41, 5.74) is 1.57. The SMILES string of the molecule is COc1ccc(Br)cc1C(=O)Nc1cccc(Oc2ccc3c(c2)C(=O)N(CC2CCCO2)C3=O)c1. The van der Waals surface area contributed by atoms with Gasteiger partial charge >= 0.3 is 0 Å². The summed E-state index contributed by atoms with van der Waals surface area (Å²) in [5.74, 6) is 0.324. The van der Waals surface area contributed by atoms with Crippen molar-refractivity contribution in [1.29, 1.82) is 0 Å². The predicted octanol–water partition coefficient (Wildman–Crippen LogP) is 5.28. The summed E-state index contributed by atoms with van der Waals surface area (Å²) in [6, 6.07) is 16.9. The third kappa shape index (κ3) is 4.84. The van der Waals surface area contributed by atoms with Crippen LogP contribution in [-0.2, 0) is 4.74 Å². The number of ether oxygens (including phenoxy) is 3. The molecular weight excluding hydrogens is 528 g/mol. The molecule has 2 aliphatic rings. The van der Waals surface area contributed by atoms with Crippen LogP contribution in [0.15, 0.2) is 65.1 Å². The summed E-state index contributed by atoms with van der Waals surface area (Å²) in [6.07, 6.45) is 1.66. The van der Waals surface area contributed by atoms with Gasteiger partial charge in [-0.3, -0.25) is 19.3 Å². The van der Waals surface area contributed by atoms with Crippen LogP contribution in [0.4, 0.5) is 5.69 Å². The van der Waals surface area contributed by atoms with Crippen molar-refractivity contribution >= 4 is 39.3 Å². The van der Waals surface area contributed by atoms with E-state index in [9.17, 15) is 14.4 Å². The molecule has 3 aromatic carbocycles. The second kappa shape index (κ2) is 10.1. The number of nitrogens with one attached hydrogen (secondary N) is 1. The summed E-state index contributed by atoms with van der Waals surface area (Å²) in [5, 5.41) is 2.84. The minimum absolute atomic E-state index is 0.113. The number of hydrogen-bond acceptors (Lipinski definition) is 6. The number of nitrogens with zero attached hydrogens (tertiary/aromatic N) is 1. The normalized spacial score (nSPS) is 16.7. The Morgan fingerprint density at radius 3 is 2.64 bits per heavy atom. The number of carbonyl (C=O) groups excluding carboxylic acids is 3. The first-order valence-electron chi connectivity index (χ1n) is 11.5. The van der Waals surface area contributed by atoms with E-state index in [2.05, 4.69) is 21.2 Å². The molecule has 5 rings (SSSR count). The monoisotopic (exact) mass is 550 g/mol. The molecule has 3 amide bonds. The molecule has 36 heavy (non-hydrogen) atoms. The second-order valence-corrected chi connectivity index (χ2v) is 9.41. The highest BCUT2D eigenvalue weighted by Gasteiger charge is 2.37. The zero-order chi connectivity index (χ0) is 25.2. The highest BCUT2D eigenvalue weighted by atomic mass is 79.9. The van der Waals surface area contributed by atoms with Gasteiger partial charge in [-0.1, -0.05) is 22.0 Å². The van der Waals surface area contributed by atoms with E-state index in [-0.39, 0.29) is 30.4 Å². The molecular formula is C27H23BrN2O6. The molecule has 1 N–H and O–H groups in total. The molecule has 0 aromatic heterocycles. The first-order chi connectivity index (χ1) is 17.4. The Bertz CT molecular complexity index is 1350. The number of imide groups is 1. The number of carbonyl (C=O) groups is 3. The van der Waals surface area contributed by atoms with Crippen LogP contribution in [0.5, 0.6) is 17.2 Å². The number of benzene rings is 3. The Hall–Kier alpha value is -3.69. The van der Waals surface area contributed by atoms with Crippen LogP contribution in [0.2, 0.25) is 0 Å². The van der Waals surface area contributed by atoms with Crippen LogP contribution < -0.4 is 14.8 Å². The van der Waals surface area contributed by atoms with Crippen molar-refractivity contribution in [2.75, 3.05) is 25.6 Å². The van der Waals surface area contributed by atoms with Crippen molar-refractivity contribution in [2.24, 2.45) is 0 Å². The zero-order valence-electron chi connectivity index (χ0n) is 19.5. The molecule has 9 heteroatoms. The van der Waals surface area contributed by atoms with E-state index in [1.165, 1.54) is 12.0 Å². The molecule has 0 aliphatic carbocycles. The van der Waals surface area contributed by atoms with Gasteiger partial charge in [-0.25, -0.2) is 0 Å². The predicted molar refractivity (Wildman–Crippen MR) is 136 cm³/mol. The van der Waals surface area contributed by atoms with Gasteiger partial charge in [0.1, 0.15) is 17.2 Å². The quantitative estimate of drug-likeness (QED) is 0.402. The number of anilines is 1. The van der Waals surface area contributed by atoms with E-state index in [0.717, 1.165) is 17.3 Å². The fourth-order valence-corrected chi connectivity index (χ4v) is 4.68. The first kappa shape index (κ1) is 24.0. The molecule has 2 heterocycles. The summed E-state index contributed by atoms with van der Waals surface area (Å²) < 4.78 is 17.6. The van der Waals surface area contributed by atoms with Crippen molar-refractivity contribution in [3.05, 3.63) is 81.8 Å². The Morgan fingerprint density at radius 1 is 1.06 bits per heavy atom. The molecule has 0 saturated carbocycles. The topological polar surface area (TPSA) is 94.2 Å². The maximum Gasteiger partial charge on any atom is 0.261 e. The summed E-state index contributed by atoms with van der Waals surface area (Å²) in [4.78, 5) is 39.7. The van der Waals surface area contributed by atoms with E-state index in [1.54, 1.807) is 60.7 Å². The smallest absolute Gasteiger partial charge is 0.261 e. The fraction of sp³-hybridized carbons (Fsp3) is 0.222. The highest BCUT2D eigenvalue weighted by Crippen LogP contribution is 2.31. The van der Waals surface area contributed by atoms with Crippen LogP contribution >= 0.6 is 15.9 Å². The van der Waals surface area contributed by atoms with Gasteiger partial charge in [-0.2, -0.15) is 0 Å². The largest absolute Gasteiger partial charge is 0.496 e. The molecule has 0 bridgehead atoms. The Labute approximate surface area is 216 Å². The standard InChI is InChI=1S/C27H23BrN2O6/c1-34-24-10-7-16(28)12-23(24)25(31)29-17-4-2-5-18(13-17)36-19-8-9-21-22(14-19)27(33)30(26(21)32)15-20-6-3-11-35-20/h2,4-5,7-10,12-14,20H,3,6,11,15H2,1H3,(H,29,31). The van der Waals surface area contributed by atoms with Crippen LogP contribution in [0.3, 0.4) is 0 Å². The molecule has 2 aliphatic heterocycles. The Morgan fingerprint density at radius 2 is 1.86 bits per heavy atom. The lowest BCUT2D eigenvalue weighted by molar-refractivity contribution is 0.0475. The third-order valence-electron chi connectivity index (χ3n) is 6.09. The lowest BCUT2D eigenvalue weighted by atomic mass is 10.1. The van der Waals surface area contributed by atoms with Gasteiger partial charge < -0.3 is 19.5 Å². The molecule has 1 unspecified atom stereocenters. The number of methoxy groups -OCH3 is 1. The molecule has 184 valence electrons. The molecule has 0 spiro atoms. The maximum atomic E-state index is 12.9. The van der Waals surface area contributed by atoms with Crippen molar-refractivity contribution in [3.8, 4) is 17.2 Å². The van der Waals surface area contributed by atoms with E-state index in [0.29, 0.717) is 46.2 Å². The number of halogens is 1. The summed E-state index contributed by atoms with van der Waals surface area (Å²) >= 11 is 3.37. The zero-order valence-corrected chi connectivity index (χ0v) is 21.0. The van der Waals surface area contributed by atoms with Crippen molar-refractivity contribution < 1.29 is 28.6 Å². The molecule has 1 saturated heterocycles. The van der Waals surface area contributed by atoms with Gasteiger partial charge in [-0.15, -0.1) is 0 Å². The van der Waals surface area contributed by atoms with Gasteiger partial charge in [0.2, 0.25) is 0 Å². The number of amides is 3. The van der Waals surface area contributed by atoms with E-state index in [1.807, 2.05) is 0 Å². The van der Waals surface area contributed by atoms with Gasteiger partial charge in [-0.05, 0) is 61.4 Å². The lowest BCUT2D eigenvalue weighted by Crippen LogP contribution is -2.36. The van der Waals surface area contributed by atoms with Crippen LogP contribution in [0.25, 0.3) is 0 Å². The van der Waals surface area contributed by atoms with Crippen molar-refractivity contribution in [1.82, 2.24) is 4.90 Å². The van der Waals surface area contributed by atoms with Gasteiger partial charge in [0, 0.05) is 22.8 Å². The lowest BCUT2D eigenvalue weighted by Gasteiger charge is -2.17. The van der Waals surface area contributed by atoms with E-state index in [4.69, 9.17) is 14.2 Å². The average Bonchev–Trinajstić information content (AvgIpc) is 3.47. The molecule has 8 nitrogen and oxygen atoms in total. The maximum absolute atomic E-state index is 12.9. The number of hydrogen-bond donors (Lipinski definition) is 1. The summed E-state index contributed by atoms with van der Waals surface area (Å²) in [7, 11) is 1.51. The van der Waals surface area contributed by atoms with Crippen molar-refractivity contribution in [2.45, 2.75) is 18.9 Å². The van der Waals surface area contributed by atoms with Crippen LogP contribution in [0.1, 0.15) is 43.9 Å². The van der Waals surface area contributed by atoms with Crippen LogP contribution in [0, 0.1) is 0 Å². The molecule has 3 aromatic rings. The van der Waals surface area contributed by atoms with E-state index >= 15 is 0 Å². The van der Waals surface area contributed by atoms with Gasteiger partial charge in [0.05, 0.1) is 36.4 Å². The Balaban J connectivity index is 1.30. The van der Waals surface area contributed by atoms with Gasteiger partial charge in [0.25, 0.3) is 17.7 Å². The van der Waals surface area contributed by atoms with Gasteiger partial charge in [0.15, 0.2) is 0 Å². The fourth-order valence-electron chi connectivity index (χ4n) is 4.32. The second-order valence-electron chi connectivity index (χ2n) is 8.49. The first-order valence-corrected chi connectivity index (χ1v) is 12.3.